The van der Waals surface area contributed by atoms with Gasteiger partial charge in [0.25, 0.3) is 5.90 Å². The summed E-state index contributed by atoms with van der Waals surface area (Å²) in [6.45, 7) is 0. The molecule has 0 spiro atoms. The van der Waals surface area contributed by atoms with Crippen LogP contribution in [0.5, 0.6) is 0 Å². The Morgan fingerprint density at radius 2 is 2.60 bits per heavy atom. The third-order valence-electron chi connectivity index (χ3n) is 1.00. The fourth-order valence-electron chi connectivity index (χ4n) is 0.577. The van der Waals surface area contributed by atoms with Crippen LogP contribution in [0, 0.1) is 0 Å². The highest BCUT2D eigenvalue weighted by Crippen LogP contribution is 2.03. The van der Waals surface area contributed by atoms with E-state index in [2.05, 4.69) is 4.51 Å². The average Bonchev–Trinajstić information content (AvgIpc) is 2.43. The predicted octanol–water partition coefficient (Wildman–Crippen LogP) is 1.83. The van der Waals surface area contributed by atoms with Gasteiger partial charge in [-0.3, -0.25) is 0 Å². The molecule has 0 atom stereocenters. The van der Waals surface area contributed by atoms with Crippen molar-refractivity contribution in [3.8, 4) is 0 Å². The molecule has 0 radical (unpaired) electrons. The molecule has 1 rings (SSSR count). The van der Waals surface area contributed by atoms with Crippen LogP contribution in [0.2, 0.25) is 0 Å². The van der Waals surface area contributed by atoms with Crippen LogP contribution in [0.25, 0.3) is 0 Å². The lowest BCUT2D eigenvalue weighted by Crippen LogP contribution is -1.99. The lowest BCUT2D eigenvalue weighted by Gasteiger charge is -1.95. The summed E-state index contributed by atoms with van der Waals surface area (Å²) in [6, 6.07) is 3.45. The van der Waals surface area contributed by atoms with E-state index in [9.17, 15) is 0 Å². The topological polar surface area (TPSA) is 34.7 Å². The molecule has 1 aromatic rings. The van der Waals surface area contributed by atoms with Crippen LogP contribution in [0.3, 0.4) is 0 Å². The zero-order chi connectivity index (χ0) is 7.40. The van der Waals surface area contributed by atoms with E-state index in [1.165, 1.54) is 13.4 Å². The third kappa shape index (κ3) is 1.30. The number of methoxy groups -OCH3 is 1. The molecule has 1 heterocycles. The average molecular weight is 160 g/mol. The molecule has 0 aliphatic heterocycles. The highest BCUT2D eigenvalue weighted by molar-refractivity contribution is 6.20. The molecule has 4 heteroatoms. The van der Waals surface area contributed by atoms with Gasteiger partial charge in [0.15, 0.2) is 5.76 Å². The Hall–Kier alpha value is -0.960. The summed E-state index contributed by atoms with van der Waals surface area (Å²) in [6.07, 6.45) is 1.52. The van der Waals surface area contributed by atoms with Crippen molar-refractivity contribution in [2.24, 2.45) is 4.51 Å². The quantitative estimate of drug-likeness (QED) is 0.463. The largest absolute Gasteiger partial charge is 0.478 e. The molecule has 0 aliphatic rings. The summed E-state index contributed by atoms with van der Waals surface area (Å²) in [5, 5.41) is 0. The first-order valence-electron chi connectivity index (χ1n) is 2.65. The number of rotatable bonds is 1. The van der Waals surface area contributed by atoms with Crippen LogP contribution in [0.4, 0.5) is 0 Å². The summed E-state index contributed by atoms with van der Waals surface area (Å²) < 4.78 is 13.0. The summed E-state index contributed by atoms with van der Waals surface area (Å²) in [7, 11) is 1.48. The minimum Gasteiger partial charge on any atom is -0.478 e. The Morgan fingerprint density at radius 3 is 3.00 bits per heavy atom. The Balaban J connectivity index is 2.85. The first kappa shape index (κ1) is 7.15. The molecule has 10 heavy (non-hydrogen) atoms. The third-order valence-corrected chi connectivity index (χ3v) is 1.16. The van der Waals surface area contributed by atoms with Gasteiger partial charge in [0.2, 0.25) is 0 Å². The number of halogens is 1. The van der Waals surface area contributed by atoms with Gasteiger partial charge in [0.05, 0.1) is 13.4 Å². The van der Waals surface area contributed by atoms with Gasteiger partial charge in [0, 0.05) is 11.8 Å². The van der Waals surface area contributed by atoms with Gasteiger partial charge in [-0.2, -0.15) is 0 Å². The predicted molar refractivity (Wildman–Crippen MR) is 38.1 cm³/mol. The molecule has 0 N–H and O–H groups in total. The second-order valence-electron chi connectivity index (χ2n) is 1.57. The van der Waals surface area contributed by atoms with Gasteiger partial charge in [-0.15, -0.1) is 4.51 Å². The van der Waals surface area contributed by atoms with E-state index >= 15 is 0 Å². The summed E-state index contributed by atoms with van der Waals surface area (Å²) in [5.74, 6) is 0.809. The first-order chi connectivity index (χ1) is 4.88. The van der Waals surface area contributed by atoms with E-state index < -0.39 is 0 Å². The van der Waals surface area contributed by atoms with Crippen molar-refractivity contribution in [3.63, 3.8) is 0 Å². The monoisotopic (exact) mass is 159 g/mol. The molecule has 0 fully saturated rings. The molecule has 54 valence electrons. The molecule has 0 bridgehead atoms. The first-order valence-corrected chi connectivity index (χ1v) is 2.99. The summed E-state index contributed by atoms with van der Waals surface area (Å²) in [4.78, 5) is 0. The van der Waals surface area contributed by atoms with E-state index in [-0.39, 0.29) is 5.90 Å². The molecular formula is C6H6ClNO2. The Labute approximate surface area is 63.4 Å². The van der Waals surface area contributed by atoms with Crippen molar-refractivity contribution in [1.29, 1.82) is 0 Å². The standard InChI is InChI=1S/C6H6ClNO2/c1-9-6(8-7)5-3-2-4-10-5/h2-4H,1H3. The molecule has 1 aromatic heterocycles. The van der Waals surface area contributed by atoms with Crippen molar-refractivity contribution in [2.45, 2.75) is 0 Å². The molecule has 0 saturated heterocycles. The van der Waals surface area contributed by atoms with Gasteiger partial charge in [-0.25, -0.2) is 0 Å². The molecule has 3 nitrogen and oxygen atoms in total. The fraction of sp³-hybridized carbons (Fsp3) is 0.167. The Bertz CT molecular complexity index is 218. The van der Waals surface area contributed by atoms with Crippen LogP contribution in [-0.2, 0) is 4.74 Å². The molecular weight excluding hydrogens is 154 g/mol. The SMILES string of the molecule is COC(=NCl)c1ccco1. The molecule has 0 unspecified atom stereocenters. The number of hydrogen-bond acceptors (Lipinski definition) is 3. The minimum atomic E-state index is 0.284. The van der Waals surface area contributed by atoms with E-state index in [1.807, 2.05) is 0 Å². The zero-order valence-electron chi connectivity index (χ0n) is 5.37. The van der Waals surface area contributed by atoms with Crippen LogP contribution >= 0.6 is 11.8 Å². The fourth-order valence-corrected chi connectivity index (χ4v) is 0.729. The lowest BCUT2D eigenvalue weighted by atomic mass is 10.4. The number of hydrogen-bond donors (Lipinski definition) is 0. The Morgan fingerprint density at radius 1 is 1.80 bits per heavy atom. The summed E-state index contributed by atoms with van der Waals surface area (Å²) >= 11 is 5.16. The minimum absolute atomic E-state index is 0.284. The van der Waals surface area contributed by atoms with Crippen LogP contribution in [0.1, 0.15) is 5.76 Å². The lowest BCUT2D eigenvalue weighted by molar-refractivity contribution is 0.389. The van der Waals surface area contributed by atoms with Crippen LogP contribution < -0.4 is 0 Å². The maximum absolute atomic E-state index is 5.16. The smallest absolute Gasteiger partial charge is 0.269 e. The highest BCUT2D eigenvalue weighted by Gasteiger charge is 2.03. The normalized spacial score (nSPS) is 11.6. The van der Waals surface area contributed by atoms with Gasteiger partial charge < -0.3 is 9.15 Å². The van der Waals surface area contributed by atoms with Gasteiger partial charge >= 0.3 is 0 Å². The van der Waals surface area contributed by atoms with Crippen molar-refractivity contribution < 1.29 is 9.15 Å². The van der Waals surface area contributed by atoms with E-state index in [0.29, 0.717) is 5.76 Å². The van der Waals surface area contributed by atoms with E-state index in [1.54, 1.807) is 12.1 Å². The van der Waals surface area contributed by atoms with Gasteiger partial charge in [-0.05, 0) is 12.1 Å². The second kappa shape index (κ2) is 3.27. The summed E-state index contributed by atoms with van der Waals surface area (Å²) in [5.41, 5.74) is 0. The van der Waals surface area contributed by atoms with Gasteiger partial charge in [0.1, 0.15) is 0 Å². The number of nitrogens with zero attached hydrogens (tertiary/aromatic N) is 1. The van der Waals surface area contributed by atoms with Crippen LogP contribution in [-0.4, -0.2) is 13.0 Å². The molecule has 0 aliphatic carbocycles. The zero-order valence-corrected chi connectivity index (χ0v) is 6.13. The molecule has 0 amide bonds. The second-order valence-corrected chi connectivity index (χ2v) is 1.74. The maximum atomic E-state index is 5.16. The van der Waals surface area contributed by atoms with E-state index in [4.69, 9.17) is 20.9 Å². The molecule has 0 saturated carbocycles. The van der Waals surface area contributed by atoms with Gasteiger partial charge in [-0.1, -0.05) is 0 Å². The van der Waals surface area contributed by atoms with Crippen LogP contribution in [0.15, 0.2) is 27.3 Å². The van der Waals surface area contributed by atoms with Crippen molar-refractivity contribution in [1.82, 2.24) is 0 Å². The number of ether oxygens (including phenoxy) is 1. The van der Waals surface area contributed by atoms with Crippen molar-refractivity contribution in [3.05, 3.63) is 24.2 Å². The van der Waals surface area contributed by atoms with Crippen molar-refractivity contribution in [2.75, 3.05) is 7.11 Å². The maximum Gasteiger partial charge on any atom is 0.269 e. The highest BCUT2D eigenvalue weighted by atomic mass is 35.5. The molecule has 0 aromatic carbocycles. The van der Waals surface area contributed by atoms with E-state index in [0.717, 1.165) is 0 Å². The van der Waals surface area contributed by atoms with Crippen molar-refractivity contribution >= 4 is 17.7 Å². The Kier molecular flexibility index (Phi) is 2.34. The number of furan rings is 1.